The molecule has 0 spiro atoms. The van der Waals surface area contributed by atoms with Crippen molar-refractivity contribution in [1.29, 1.82) is 0 Å². The second-order valence-electron chi connectivity index (χ2n) is 3.71. The van der Waals surface area contributed by atoms with Crippen LogP contribution < -0.4 is 11.1 Å². The smallest absolute Gasteiger partial charge is 0.193 e. The van der Waals surface area contributed by atoms with E-state index in [9.17, 15) is 0 Å². The van der Waals surface area contributed by atoms with Crippen LogP contribution in [0, 0.1) is 0 Å². The van der Waals surface area contributed by atoms with Crippen LogP contribution in [0.5, 0.6) is 0 Å². The minimum Gasteiger partial charge on any atom is -0.370 e. The van der Waals surface area contributed by atoms with Crippen molar-refractivity contribution < 1.29 is 0 Å². The topological polar surface area (TPSA) is 50.4 Å². The number of nitrogens with two attached hydrogens (primary N) is 1. The molecule has 1 heterocycles. The van der Waals surface area contributed by atoms with Crippen molar-refractivity contribution in [3.05, 3.63) is 51.7 Å². The number of anilines is 1. The lowest BCUT2D eigenvalue weighted by Crippen LogP contribution is -2.22. The number of nitrogens with one attached hydrogen (secondary N) is 1. The van der Waals surface area contributed by atoms with Crippen LogP contribution in [0.15, 0.2) is 47.5 Å². The molecule has 0 saturated carbocycles. The van der Waals surface area contributed by atoms with Gasteiger partial charge in [-0.1, -0.05) is 29.8 Å². The second-order valence-corrected chi connectivity index (χ2v) is 5.51. The monoisotopic (exact) mass is 407 g/mol. The number of nitrogens with zero attached hydrogens (tertiary/aromatic N) is 1. The van der Waals surface area contributed by atoms with Crippen molar-refractivity contribution in [2.45, 2.75) is 6.42 Å². The fourth-order valence-electron chi connectivity index (χ4n) is 1.48. The lowest BCUT2D eigenvalue weighted by molar-refractivity contribution is 0.983. The Morgan fingerprint density at radius 1 is 1.21 bits per heavy atom. The van der Waals surface area contributed by atoms with Gasteiger partial charge in [-0.05, 0) is 24.3 Å². The molecule has 3 nitrogen and oxygen atoms in total. The zero-order valence-corrected chi connectivity index (χ0v) is 14.1. The van der Waals surface area contributed by atoms with Gasteiger partial charge in [-0.25, -0.2) is 0 Å². The van der Waals surface area contributed by atoms with E-state index < -0.39 is 0 Å². The van der Waals surface area contributed by atoms with Gasteiger partial charge in [0.2, 0.25) is 0 Å². The maximum Gasteiger partial charge on any atom is 0.193 e. The van der Waals surface area contributed by atoms with Crippen LogP contribution >= 0.6 is 46.9 Å². The summed E-state index contributed by atoms with van der Waals surface area (Å²) >= 11 is 7.43. The molecular formula is C13H15ClIN3S. The largest absolute Gasteiger partial charge is 0.370 e. The summed E-state index contributed by atoms with van der Waals surface area (Å²) in [5, 5.41) is 3.04. The van der Waals surface area contributed by atoms with Crippen LogP contribution in [0.1, 0.15) is 4.88 Å². The minimum atomic E-state index is 0. The highest BCUT2D eigenvalue weighted by atomic mass is 127. The van der Waals surface area contributed by atoms with Crippen LogP contribution in [0.25, 0.3) is 0 Å². The number of halogens is 2. The van der Waals surface area contributed by atoms with Crippen molar-refractivity contribution in [1.82, 2.24) is 0 Å². The maximum atomic E-state index is 5.85. The number of thiophene rings is 1. The van der Waals surface area contributed by atoms with E-state index >= 15 is 0 Å². The Hall–Kier alpha value is -0.790. The molecular weight excluding hydrogens is 393 g/mol. The summed E-state index contributed by atoms with van der Waals surface area (Å²) in [7, 11) is 0. The van der Waals surface area contributed by atoms with E-state index in [1.165, 1.54) is 4.88 Å². The number of aliphatic imine (C=N–C) groups is 1. The lowest BCUT2D eigenvalue weighted by atomic mass is 10.3. The normalized spacial score (nSPS) is 10.9. The fourth-order valence-corrected chi connectivity index (χ4v) is 2.56. The first-order chi connectivity index (χ1) is 8.74. The maximum absolute atomic E-state index is 5.85. The van der Waals surface area contributed by atoms with E-state index in [4.69, 9.17) is 17.3 Å². The molecule has 0 amide bonds. The summed E-state index contributed by atoms with van der Waals surface area (Å²) < 4.78 is 0.810. The van der Waals surface area contributed by atoms with E-state index in [1.807, 2.05) is 42.5 Å². The Kier molecular flexibility index (Phi) is 7.19. The molecule has 1 aromatic carbocycles. The van der Waals surface area contributed by atoms with E-state index in [0.29, 0.717) is 12.5 Å². The molecule has 102 valence electrons. The Labute approximate surface area is 138 Å². The van der Waals surface area contributed by atoms with Crippen molar-refractivity contribution in [2.24, 2.45) is 10.7 Å². The predicted octanol–water partition coefficient (Wildman–Crippen LogP) is 3.99. The molecule has 0 atom stereocenters. The first-order valence-electron chi connectivity index (χ1n) is 5.60. The molecule has 0 fully saturated rings. The number of hydrogen-bond donors (Lipinski definition) is 2. The molecule has 0 unspecified atom stereocenters. The van der Waals surface area contributed by atoms with Crippen molar-refractivity contribution in [2.75, 3.05) is 11.9 Å². The molecule has 0 bridgehead atoms. The van der Waals surface area contributed by atoms with E-state index in [0.717, 1.165) is 16.4 Å². The summed E-state index contributed by atoms with van der Waals surface area (Å²) in [4.78, 5) is 5.49. The molecule has 2 aromatic rings. The van der Waals surface area contributed by atoms with Crippen LogP contribution in [-0.4, -0.2) is 12.5 Å². The second kappa shape index (κ2) is 8.39. The lowest BCUT2D eigenvalue weighted by Gasteiger charge is -2.04. The molecule has 0 aliphatic rings. The summed E-state index contributed by atoms with van der Waals surface area (Å²) in [6.07, 6.45) is 0.856. The molecule has 0 saturated heterocycles. The molecule has 0 aliphatic heterocycles. The summed E-state index contributed by atoms with van der Waals surface area (Å²) in [5.41, 5.74) is 6.73. The zero-order valence-electron chi connectivity index (χ0n) is 10.2. The quantitative estimate of drug-likeness (QED) is 0.457. The SMILES string of the molecule is I.NC(=NCCc1ccc(Cl)s1)Nc1ccccc1. The Morgan fingerprint density at radius 2 is 1.95 bits per heavy atom. The van der Waals surface area contributed by atoms with E-state index in [-0.39, 0.29) is 24.0 Å². The predicted molar refractivity (Wildman–Crippen MR) is 95.0 cm³/mol. The van der Waals surface area contributed by atoms with Crippen LogP contribution in [-0.2, 0) is 6.42 Å². The summed E-state index contributed by atoms with van der Waals surface area (Å²) in [6.45, 7) is 0.655. The number of hydrogen-bond acceptors (Lipinski definition) is 2. The zero-order chi connectivity index (χ0) is 12.8. The van der Waals surface area contributed by atoms with Gasteiger partial charge < -0.3 is 11.1 Å². The third kappa shape index (κ3) is 5.80. The number of rotatable bonds is 4. The summed E-state index contributed by atoms with van der Waals surface area (Å²) in [5.74, 6) is 0.434. The fraction of sp³-hybridized carbons (Fsp3) is 0.154. The Balaban J connectivity index is 0.00000180. The Morgan fingerprint density at radius 3 is 2.58 bits per heavy atom. The molecule has 1 aromatic heterocycles. The molecule has 2 rings (SSSR count). The number of para-hydroxylation sites is 1. The summed E-state index contributed by atoms with van der Waals surface area (Å²) in [6, 6.07) is 13.7. The molecule has 0 aliphatic carbocycles. The van der Waals surface area contributed by atoms with Gasteiger partial charge in [-0.15, -0.1) is 35.3 Å². The molecule has 0 radical (unpaired) electrons. The third-order valence-corrected chi connectivity index (χ3v) is 3.61. The third-order valence-electron chi connectivity index (χ3n) is 2.32. The highest BCUT2D eigenvalue weighted by molar-refractivity contribution is 14.0. The van der Waals surface area contributed by atoms with Crippen molar-refractivity contribution >= 4 is 58.6 Å². The standard InChI is InChI=1S/C13H14ClN3S.HI/c14-12-7-6-11(18-12)8-9-16-13(15)17-10-4-2-1-3-5-10;/h1-7H,8-9H2,(H3,15,16,17);1H. The van der Waals surface area contributed by atoms with Crippen molar-refractivity contribution in [3.63, 3.8) is 0 Å². The van der Waals surface area contributed by atoms with Gasteiger partial charge in [0.1, 0.15) is 0 Å². The van der Waals surface area contributed by atoms with Gasteiger partial charge in [-0.2, -0.15) is 0 Å². The van der Waals surface area contributed by atoms with Gasteiger partial charge in [-0.3, -0.25) is 4.99 Å². The number of benzene rings is 1. The van der Waals surface area contributed by atoms with Crippen LogP contribution in [0.2, 0.25) is 4.34 Å². The van der Waals surface area contributed by atoms with Gasteiger partial charge in [0, 0.05) is 23.5 Å². The van der Waals surface area contributed by atoms with Gasteiger partial charge in [0.25, 0.3) is 0 Å². The number of guanidine groups is 1. The first-order valence-corrected chi connectivity index (χ1v) is 6.80. The van der Waals surface area contributed by atoms with Crippen molar-refractivity contribution in [3.8, 4) is 0 Å². The Bertz CT molecular complexity index is 528. The average Bonchev–Trinajstić information content (AvgIpc) is 2.76. The van der Waals surface area contributed by atoms with Crippen LogP contribution in [0.4, 0.5) is 5.69 Å². The van der Waals surface area contributed by atoms with Crippen LogP contribution in [0.3, 0.4) is 0 Å². The molecule has 19 heavy (non-hydrogen) atoms. The van der Waals surface area contributed by atoms with Gasteiger partial charge >= 0.3 is 0 Å². The van der Waals surface area contributed by atoms with Gasteiger partial charge in [0.05, 0.1) is 4.34 Å². The van der Waals surface area contributed by atoms with E-state index in [1.54, 1.807) is 11.3 Å². The molecule has 3 N–H and O–H groups in total. The average molecular weight is 408 g/mol. The first kappa shape index (κ1) is 16.3. The molecule has 6 heteroatoms. The minimum absolute atomic E-state index is 0. The van der Waals surface area contributed by atoms with Gasteiger partial charge in [0.15, 0.2) is 5.96 Å². The highest BCUT2D eigenvalue weighted by Gasteiger charge is 1.98. The van der Waals surface area contributed by atoms with E-state index in [2.05, 4.69) is 10.3 Å². The highest BCUT2D eigenvalue weighted by Crippen LogP contribution is 2.21.